The molecule has 0 amide bonds. The summed E-state index contributed by atoms with van der Waals surface area (Å²) in [6.07, 6.45) is 5.76. The van der Waals surface area contributed by atoms with E-state index in [0.717, 1.165) is 48.4 Å². The number of fused-ring (bicyclic) bond motifs is 2. The molecule has 1 N–H and O–H groups in total. The molecule has 1 spiro atoms. The Kier molecular flexibility index (Phi) is 6.42. The third kappa shape index (κ3) is 4.85. The number of nitrogens with zero attached hydrogens (tertiary/aromatic N) is 3. The van der Waals surface area contributed by atoms with Crippen LogP contribution < -0.4 is 0 Å². The zero-order chi connectivity index (χ0) is 24.1. The van der Waals surface area contributed by atoms with Crippen molar-refractivity contribution in [2.24, 2.45) is 5.92 Å². The van der Waals surface area contributed by atoms with Crippen LogP contribution >= 0.6 is 11.3 Å². The molecule has 2 fully saturated rings. The number of likely N-dealkylation sites (tertiary alicyclic amines) is 1. The van der Waals surface area contributed by atoms with Gasteiger partial charge in [-0.1, -0.05) is 11.6 Å². The molecule has 2 aromatic rings. The van der Waals surface area contributed by atoms with Crippen molar-refractivity contribution in [1.29, 1.82) is 0 Å². The highest BCUT2D eigenvalue weighted by atomic mass is 32.1. The highest BCUT2D eigenvalue weighted by Crippen LogP contribution is 2.51. The molecule has 34 heavy (non-hydrogen) atoms. The van der Waals surface area contributed by atoms with Crippen LogP contribution in [0, 0.1) is 5.92 Å². The van der Waals surface area contributed by atoms with Crippen LogP contribution in [0.25, 0.3) is 0 Å². The summed E-state index contributed by atoms with van der Waals surface area (Å²) in [6, 6.07) is 1.24. The first-order valence-electron chi connectivity index (χ1n) is 12.1. The average molecular weight is 496 g/mol. The summed E-state index contributed by atoms with van der Waals surface area (Å²) in [5.41, 5.74) is 2.27. The maximum atomic E-state index is 13.4. The van der Waals surface area contributed by atoms with E-state index in [1.165, 1.54) is 18.4 Å². The van der Waals surface area contributed by atoms with Crippen LogP contribution in [-0.4, -0.2) is 39.0 Å². The van der Waals surface area contributed by atoms with E-state index in [4.69, 9.17) is 4.74 Å². The SMILES string of the molecule is CC(=CCCn1cc(CN2CC[C@]3(C[C@@H]2C)OC[C@@H](O)c2cc(C(F)(F)F)sc23)cn1)C1CC1. The molecule has 1 saturated carbocycles. The van der Waals surface area contributed by atoms with Crippen molar-refractivity contribution >= 4 is 11.3 Å². The number of aromatic nitrogens is 2. The normalized spacial score (nSPS) is 28.5. The van der Waals surface area contributed by atoms with Crippen molar-refractivity contribution in [3.05, 3.63) is 51.0 Å². The Bertz CT molecular complexity index is 1060. The number of rotatable bonds is 6. The summed E-state index contributed by atoms with van der Waals surface area (Å²) < 4.78 is 48.2. The van der Waals surface area contributed by atoms with Crippen molar-refractivity contribution in [2.45, 2.75) is 83.0 Å². The fraction of sp³-hybridized carbons (Fsp3) is 0.640. The summed E-state index contributed by atoms with van der Waals surface area (Å²) in [4.78, 5) is 2.23. The Hall–Kier alpha value is -1.68. The lowest BCUT2D eigenvalue weighted by molar-refractivity contribution is -0.139. The Balaban J connectivity index is 1.23. The van der Waals surface area contributed by atoms with Gasteiger partial charge in [0.25, 0.3) is 0 Å². The summed E-state index contributed by atoms with van der Waals surface area (Å²) in [6.45, 7) is 6.68. The number of aliphatic hydroxyl groups excluding tert-OH is 1. The molecule has 4 heterocycles. The van der Waals surface area contributed by atoms with Crippen LogP contribution in [0.5, 0.6) is 0 Å². The van der Waals surface area contributed by atoms with E-state index < -0.39 is 22.8 Å². The van der Waals surface area contributed by atoms with Gasteiger partial charge in [-0.25, -0.2) is 0 Å². The van der Waals surface area contributed by atoms with E-state index in [1.807, 2.05) is 10.9 Å². The lowest BCUT2D eigenvalue weighted by atomic mass is 9.81. The smallest absolute Gasteiger partial charge is 0.386 e. The maximum absolute atomic E-state index is 13.4. The minimum atomic E-state index is -4.41. The Labute approximate surface area is 202 Å². The van der Waals surface area contributed by atoms with Crippen molar-refractivity contribution in [2.75, 3.05) is 13.2 Å². The monoisotopic (exact) mass is 495 g/mol. The van der Waals surface area contributed by atoms with Crippen LogP contribution in [0.1, 0.15) is 72.9 Å². The topological polar surface area (TPSA) is 50.5 Å². The van der Waals surface area contributed by atoms with Crippen molar-refractivity contribution in [3.63, 3.8) is 0 Å². The van der Waals surface area contributed by atoms with E-state index in [1.54, 1.807) is 0 Å². The van der Waals surface area contributed by atoms with Gasteiger partial charge in [-0.05, 0) is 57.9 Å². The van der Waals surface area contributed by atoms with E-state index in [9.17, 15) is 18.3 Å². The quantitative estimate of drug-likeness (QED) is 0.526. The predicted molar refractivity (Wildman–Crippen MR) is 124 cm³/mol. The minimum Gasteiger partial charge on any atom is -0.386 e. The second-order valence-electron chi connectivity index (χ2n) is 10.1. The van der Waals surface area contributed by atoms with E-state index in [0.29, 0.717) is 29.8 Å². The van der Waals surface area contributed by atoms with Gasteiger partial charge in [0.15, 0.2) is 0 Å². The van der Waals surface area contributed by atoms with Crippen LogP contribution in [0.2, 0.25) is 0 Å². The molecule has 2 aromatic heterocycles. The Morgan fingerprint density at radius 3 is 2.88 bits per heavy atom. The number of aryl methyl sites for hydroxylation is 1. The van der Waals surface area contributed by atoms with E-state index >= 15 is 0 Å². The zero-order valence-corrected chi connectivity index (χ0v) is 20.5. The number of ether oxygens (including phenoxy) is 1. The van der Waals surface area contributed by atoms with Crippen LogP contribution in [-0.2, 0) is 29.6 Å². The molecule has 2 aliphatic heterocycles. The summed E-state index contributed by atoms with van der Waals surface area (Å²) in [7, 11) is 0. The molecule has 5 rings (SSSR count). The van der Waals surface area contributed by atoms with Gasteiger partial charge in [-0.15, -0.1) is 11.3 Å². The largest absolute Gasteiger partial charge is 0.425 e. The number of thiophene rings is 1. The third-order valence-electron chi connectivity index (χ3n) is 7.50. The van der Waals surface area contributed by atoms with E-state index in [2.05, 4.69) is 36.1 Å². The summed E-state index contributed by atoms with van der Waals surface area (Å²) >= 11 is 0.731. The van der Waals surface area contributed by atoms with E-state index in [-0.39, 0.29) is 12.6 Å². The van der Waals surface area contributed by atoms with Gasteiger partial charge < -0.3 is 9.84 Å². The minimum absolute atomic E-state index is 0.0369. The molecule has 3 aliphatic rings. The maximum Gasteiger partial charge on any atom is 0.425 e. The van der Waals surface area contributed by atoms with Crippen LogP contribution in [0.4, 0.5) is 13.2 Å². The number of piperidine rings is 1. The molecule has 1 saturated heterocycles. The molecule has 0 unspecified atom stereocenters. The first-order valence-corrected chi connectivity index (χ1v) is 12.9. The van der Waals surface area contributed by atoms with Gasteiger partial charge in [0, 0.05) is 47.9 Å². The van der Waals surface area contributed by atoms with Crippen molar-refractivity contribution in [3.8, 4) is 0 Å². The molecule has 0 radical (unpaired) electrons. The highest BCUT2D eigenvalue weighted by molar-refractivity contribution is 7.12. The second kappa shape index (κ2) is 9.08. The Morgan fingerprint density at radius 1 is 1.38 bits per heavy atom. The number of halogens is 3. The number of allylic oxidation sites excluding steroid dienone is 2. The fourth-order valence-corrected chi connectivity index (χ4v) is 6.61. The van der Waals surface area contributed by atoms with Gasteiger partial charge >= 0.3 is 6.18 Å². The molecule has 3 atom stereocenters. The number of aliphatic hydroxyl groups is 1. The molecular weight excluding hydrogens is 463 g/mol. The molecular formula is C25H32F3N3O2S. The molecule has 1 aliphatic carbocycles. The first-order chi connectivity index (χ1) is 16.1. The van der Waals surface area contributed by atoms with Gasteiger partial charge in [0.1, 0.15) is 16.6 Å². The van der Waals surface area contributed by atoms with Gasteiger partial charge in [-0.3, -0.25) is 9.58 Å². The highest BCUT2D eigenvalue weighted by Gasteiger charge is 2.48. The first kappa shape index (κ1) is 24.0. The Morgan fingerprint density at radius 2 is 2.18 bits per heavy atom. The number of alkyl halides is 3. The molecule has 186 valence electrons. The van der Waals surface area contributed by atoms with Crippen LogP contribution in [0.3, 0.4) is 0 Å². The van der Waals surface area contributed by atoms with Crippen molar-refractivity contribution < 1.29 is 23.0 Å². The third-order valence-corrected chi connectivity index (χ3v) is 8.88. The lowest BCUT2D eigenvalue weighted by Gasteiger charge is -2.47. The lowest BCUT2D eigenvalue weighted by Crippen LogP contribution is -2.50. The van der Waals surface area contributed by atoms with Gasteiger partial charge in [-0.2, -0.15) is 18.3 Å². The van der Waals surface area contributed by atoms with Gasteiger partial charge in [0.05, 0.1) is 12.8 Å². The van der Waals surface area contributed by atoms with Gasteiger partial charge in [0.2, 0.25) is 0 Å². The summed E-state index contributed by atoms with van der Waals surface area (Å²) in [5, 5.41) is 14.8. The summed E-state index contributed by atoms with van der Waals surface area (Å²) in [5.74, 6) is 0.804. The standard InChI is InChI=1S/C25H32F3N3O2S/c1-16(19-5-6-19)4-3-8-31-14-18(12-29-31)13-30-9-7-24(11-17(30)2)23-20(21(32)15-33-24)10-22(34-23)25(26,27)28/h4,10,12,14,17,19,21,32H,3,5-9,11,13,15H2,1-2H3/t17-,21+,24+/m0/s1. The number of hydrogen-bond acceptors (Lipinski definition) is 5. The molecule has 0 aromatic carbocycles. The average Bonchev–Trinajstić information content (AvgIpc) is 3.35. The predicted octanol–water partition coefficient (Wildman–Crippen LogP) is 5.65. The fourth-order valence-electron chi connectivity index (χ4n) is 5.34. The zero-order valence-electron chi connectivity index (χ0n) is 19.6. The number of hydrogen-bond donors (Lipinski definition) is 1. The molecule has 5 nitrogen and oxygen atoms in total. The van der Waals surface area contributed by atoms with Crippen molar-refractivity contribution in [1.82, 2.24) is 14.7 Å². The second-order valence-corrected chi connectivity index (χ2v) is 11.2. The molecule has 9 heteroatoms. The molecule has 0 bridgehead atoms. The van der Waals surface area contributed by atoms with Crippen LogP contribution in [0.15, 0.2) is 30.1 Å².